The van der Waals surface area contributed by atoms with Gasteiger partial charge in [-0.25, -0.2) is 9.97 Å². The lowest BCUT2D eigenvalue weighted by Gasteiger charge is -2.31. The van der Waals surface area contributed by atoms with Gasteiger partial charge in [-0.3, -0.25) is 0 Å². The topological polar surface area (TPSA) is 73.5 Å². The van der Waals surface area contributed by atoms with Gasteiger partial charge in [-0.15, -0.1) is 24.8 Å². The lowest BCUT2D eigenvalue weighted by atomic mass is 9.99. The Morgan fingerprint density at radius 3 is 2.39 bits per heavy atom. The first-order chi connectivity index (χ1) is 14.2. The molecule has 31 heavy (non-hydrogen) atoms. The Morgan fingerprint density at radius 2 is 1.65 bits per heavy atom. The minimum atomic E-state index is -0.0000926. The zero-order chi connectivity index (χ0) is 20.1. The smallest absolute Gasteiger partial charge is 0.161 e. The van der Waals surface area contributed by atoms with Crippen LogP contribution in [0.4, 0.5) is 5.82 Å². The second-order valence-corrected chi connectivity index (χ2v) is 7.62. The van der Waals surface area contributed by atoms with Crippen LogP contribution in [0.15, 0.2) is 54.9 Å². The fourth-order valence-corrected chi connectivity index (χ4v) is 3.64. The molecule has 0 radical (unpaired) electrons. The van der Waals surface area contributed by atoms with Gasteiger partial charge in [0.15, 0.2) is 11.5 Å². The Balaban J connectivity index is 0.000000218. The highest BCUT2D eigenvalue weighted by Crippen LogP contribution is 2.30. The number of ether oxygens (including phenoxy) is 2. The molecule has 5 rings (SSSR count). The largest absolute Gasteiger partial charge is 0.486 e. The van der Waals surface area contributed by atoms with Crippen molar-refractivity contribution < 1.29 is 9.47 Å². The summed E-state index contributed by atoms with van der Waals surface area (Å²) >= 11 is 0. The maximum absolute atomic E-state index is 5.53. The number of piperidine rings is 1. The van der Waals surface area contributed by atoms with Crippen LogP contribution in [0.1, 0.15) is 19.8 Å². The quantitative estimate of drug-likeness (QED) is 0.601. The Kier molecular flexibility index (Phi) is 9.62. The van der Waals surface area contributed by atoms with E-state index in [1.165, 1.54) is 18.2 Å². The molecular formula is C23H30Cl2N4O2. The van der Waals surface area contributed by atoms with Crippen molar-refractivity contribution in [3.05, 3.63) is 54.9 Å². The number of hydrogen-bond acceptors (Lipinski definition) is 6. The summed E-state index contributed by atoms with van der Waals surface area (Å²) in [6.07, 6.45) is 4.20. The van der Waals surface area contributed by atoms with Gasteiger partial charge in [0.25, 0.3) is 0 Å². The summed E-state index contributed by atoms with van der Waals surface area (Å²) in [6, 6.07) is 15.9. The number of fused-ring (bicyclic) bond motifs is 2. The van der Waals surface area contributed by atoms with Crippen LogP contribution in [0.25, 0.3) is 10.9 Å². The number of halogens is 2. The van der Waals surface area contributed by atoms with E-state index in [1.54, 1.807) is 6.33 Å². The van der Waals surface area contributed by atoms with Crippen LogP contribution in [-0.4, -0.2) is 42.3 Å². The highest BCUT2D eigenvalue weighted by Gasteiger charge is 2.19. The summed E-state index contributed by atoms with van der Waals surface area (Å²) in [6.45, 7) is 5.60. The van der Waals surface area contributed by atoms with Gasteiger partial charge < -0.3 is 20.1 Å². The molecule has 2 aliphatic heterocycles. The van der Waals surface area contributed by atoms with Crippen LogP contribution >= 0.6 is 24.8 Å². The van der Waals surface area contributed by atoms with Crippen molar-refractivity contribution in [2.75, 3.05) is 31.1 Å². The van der Waals surface area contributed by atoms with Crippen molar-refractivity contribution >= 4 is 41.5 Å². The van der Waals surface area contributed by atoms with Crippen LogP contribution in [-0.2, 0) is 0 Å². The molecule has 0 spiro atoms. The predicted octanol–water partition coefficient (Wildman–Crippen LogP) is 4.49. The van der Waals surface area contributed by atoms with E-state index in [0.717, 1.165) is 41.8 Å². The molecule has 1 unspecified atom stereocenters. The van der Waals surface area contributed by atoms with Crippen molar-refractivity contribution in [3.63, 3.8) is 0 Å². The maximum Gasteiger partial charge on any atom is 0.161 e. The standard InChI is InChI=1S/C14H17N3.C9H11NO2.2ClH/c1-11-6-8-17(9-7-11)14-12-4-2-3-5-13(12)15-10-16-14;10-5-7-6-11-8-3-1-2-4-9(8)12-7;;/h2-5,10-11H,6-9H2,1H3;1-4,7H,5-6,10H2;2*1H. The summed E-state index contributed by atoms with van der Waals surface area (Å²) in [5, 5.41) is 1.17. The average molecular weight is 465 g/mol. The fraction of sp³-hybridized carbons (Fsp3) is 0.391. The van der Waals surface area contributed by atoms with Crippen molar-refractivity contribution in [2.45, 2.75) is 25.9 Å². The second-order valence-electron chi connectivity index (χ2n) is 7.62. The van der Waals surface area contributed by atoms with E-state index >= 15 is 0 Å². The molecule has 6 nitrogen and oxygen atoms in total. The van der Waals surface area contributed by atoms with Crippen LogP contribution in [0.2, 0.25) is 0 Å². The Morgan fingerprint density at radius 1 is 0.968 bits per heavy atom. The molecule has 1 atom stereocenters. The van der Waals surface area contributed by atoms with Gasteiger partial charge in [-0.2, -0.15) is 0 Å². The zero-order valence-corrected chi connectivity index (χ0v) is 19.3. The SMILES string of the molecule is CC1CCN(c2ncnc3ccccc23)CC1.Cl.Cl.NCC1COc2ccccc2O1. The number of nitrogens with two attached hydrogens (primary N) is 1. The fourth-order valence-electron chi connectivity index (χ4n) is 3.64. The van der Waals surface area contributed by atoms with Gasteiger partial charge in [-0.05, 0) is 43.0 Å². The van der Waals surface area contributed by atoms with Gasteiger partial charge in [-0.1, -0.05) is 31.2 Å². The highest BCUT2D eigenvalue weighted by molar-refractivity contribution is 5.89. The van der Waals surface area contributed by atoms with Crippen molar-refractivity contribution in [2.24, 2.45) is 11.7 Å². The summed E-state index contributed by atoms with van der Waals surface area (Å²) in [7, 11) is 0. The third-order valence-corrected chi connectivity index (χ3v) is 5.44. The molecule has 168 valence electrons. The van der Waals surface area contributed by atoms with Crippen LogP contribution < -0.4 is 20.1 Å². The van der Waals surface area contributed by atoms with Crippen molar-refractivity contribution in [1.82, 2.24) is 9.97 Å². The number of anilines is 1. The Labute approximate surface area is 196 Å². The predicted molar refractivity (Wildman–Crippen MR) is 130 cm³/mol. The summed E-state index contributed by atoms with van der Waals surface area (Å²) < 4.78 is 11.0. The molecule has 1 fully saturated rings. The minimum absolute atomic E-state index is 0. The first kappa shape index (κ1) is 25.0. The number of benzene rings is 2. The van der Waals surface area contributed by atoms with Gasteiger partial charge in [0.2, 0.25) is 0 Å². The third kappa shape index (κ3) is 6.12. The van der Waals surface area contributed by atoms with Gasteiger partial charge in [0.1, 0.15) is 24.9 Å². The van der Waals surface area contributed by atoms with Gasteiger partial charge >= 0.3 is 0 Å². The Bertz CT molecular complexity index is 946. The van der Waals surface area contributed by atoms with E-state index in [2.05, 4.69) is 33.9 Å². The molecule has 0 saturated carbocycles. The third-order valence-electron chi connectivity index (χ3n) is 5.44. The number of hydrogen-bond donors (Lipinski definition) is 1. The minimum Gasteiger partial charge on any atom is -0.486 e. The van der Waals surface area contributed by atoms with Crippen molar-refractivity contribution in [1.29, 1.82) is 0 Å². The molecule has 8 heteroatoms. The number of rotatable bonds is 2. The van der Waals surface area contributed by atoms with E-state index in [0.29, 0.717) is 13.2 Å². The van der Waals surface area contributed by atoms with E-state index in [9.17, 15) is 0 Å². The normalized spacial score (nSPS) is 17.6. The monoisotopic (exact) mass is 464 g/mol. The molecule has 1 saturated heterocycles. The summed E-state index contributed by atoms with van der Waals surface area (Å²) in [5.41, 5.74) is 6.49. The second kappa shape index (κ2) is 11.9. The Hall–Kier alpha value is -2.28. The number of aromatic nitrogens is 2. The first-order valence-corrected chi connectivity index (χ1v) is 10.3. The summed E-state index contributed by atoms with van der Waals surface area (Å²) in [4.78, 5) is 11.2. The highest BCUT2D eigenvalue weighted by atomic mass is 35.5. The molecule has 2 aromatic carbocycles. The molecule has 1 aromatic heterocycles. The molecule has 0 amide bonds. The van der Waals surface area contributed by atoms with Gasteiger partial charge in [0.05, 0.1) is 5.52 Å². The van der Waals surface area contributed by atoms with E-state index in [4.69, 9.17) is 15.2 Å². The number of para-hydroxylation sites is 3. The average Bonchev–Trinajstić information content (AvgIpc) is 2.79. The number of nitrogens with zero attached hydrogens (tertiary/aromatic N) is 3. The first-order valence-electron chi connectivity index (χ1n) is 10.3. The van der Waals surface area contributed by atoms with Crippen LogP contribution in [0, 0.1) is 5.92 Å². The van der Waals surface area contributed by atoms with Crippen LogP contribution in [0.5, 0.6) is 11.5 Å². The molecule has 2 N–H and O–H groups in total. The maximum atomic E-state index is 5.53. The molecule has 3 heterocycles. The summed E-state index contributed by atoms with van der Waals surface area (Å²) in [5.74, 6) is 3.54. The lowest BCUT2D eigenvalue weighted by molar-refractivity contribution is 0.0969. The van der Waals surface area contributed by atoms with Crippen LogP contribution in [0.3, 0.4) is 0 Å². The van der Waals surface area contributed by atoms with Crippen molar-refractivity contribution in [3.8, 4) is 11.5 Å². The molecule has 0 aliphatic carbocycles. The lowest BCUT2D eigenvalue weighted by Crippen LogP contribution is -2.35. The van der Waals surface area contributed by atoms with E-state index in [-0.39, 0.29) is 30.9 Å². The molecule has 3 aromatic rings. The molecule has 2 aliphatic rings. The van der Waals surface area contributed by atoms with E-state index in [1.807, 2.05) is 36.4 Å². The molecule has 0 bridgehead atoms. The van der Waals surface area contributed by atoms with E-state index < -0.39 is 0 Å². The molecular weight excluding hydrogens is 435 g/mol. The zero-order valence-electron chi connectivity index (χ0n) is 17.6. The van der Waals surface area contributed by atoms with Gasteiger partial charge in [0, 0.05) is 25.0 Å².